The topological polar surface area (TPSA) is 51.2 Å². The molecule has 2 aromatic rings. The van der Waals surface area contributed by atoms with Crippen molar-refractivity contribution in [2.75, 3.05) is 5.75 Å². The van der Waals surface area contributed by atoms with E-state index in [4.69, 9.17) is 0 Å². The molecule has 20 heavy (non-hydrogen) atoms. The van der Waals surface area contributed by atoms with Crippen molar-refractivity contribution in [2.24, 2.45) is 0 Å². The molecule has 0 N–H and O–H groups in total. The number of aryl methyl sites for hydroxylation is 1. The second-order valence-electron chi connectivity index (χ2n) is 4.51. The zero-order chi connectivity index (χ0) is 14.8. The lowest BCUT2D eigenvalue weighted by atomic mass is 10.1. The van der Waals surface area contributed by atoms with Crippen molar-refractivity contribution in [3.63, 3.8) is 0 Å². The van der Waals surface area contributed by atoms with E-state index in [2.05, 4.69) is 0 Å². The van der Waals surface area contributed by atoms with Crippen molar-refractivity contribution >= 4 is 15.6 Å². The van der Waals surface area contributed by atoms with Crippen LogP contribution in [0.5, 0.6) is 0 Å². The summed E-state index contributed by atoms with van der Waals surface area (Å²) >= 11 is 0. The summed E-state index contributed by atoms with van der Waals surface area (Å²) in [5, 5.41) is 0. The molecule has 0 heterocycles. The SMILES string of the molecule is Cc1ccc(C(=O)CS(=O)(=O)c2cccc(F)c2)cc1. The molecular weight excluding hydrogens is 279 g/mol. The molecule has 0 radical (unpaired) electrons. The van der Waals surface area contributed by atoms with E-state index < -0.39 is 27.2 Å². The fraction of sp³-hybridized carbons (Fsp3) is 0.133. The van der Waals surface area contributed by atoms with E-state index >= 15 is 0 Å². The van der Waals surface area contributed by atoms with Crippen LogP contribution in [0.4, 0.5) is 4.39 Å². The lowest BCUT2D eigenvalue weighted by Crippen LogP contribution is -2.16. The zero-order valence-electron chi connectivity index (χ0n) is 10.8. The number of rotatable bonds is 4. The molecule has 0 amide bonds. The number of hydrogen-bond acceptors (Lipinski definition) is 3. The average Bonchev–Trinajstić information content (AvgIpc) is 2.39. The van der Waals surface area contributed by atoms with Crippen LogP contribution in [-0.2, 0) is 9.84 Å². The maximum atomic E-state index is 13.1. The average molecular weight is 292 g/mol. The van der Waals surface area contributed by atoms with Gasteiger partial charge in [0.25, 0.3) is 0 Å². The summed E-state index contributed by atoms with van der Waals surface area (Å²) < 4.78 is 37.1. The molecular formula is C15H13FO3S. The molecule has 0 saturated heterocycles. The van der Waals surface area contributed by atoms with Crippen molar-refractivity contribution in [1.29, 1.82) is 0 Å². The first-order valence-electron chi connectivity index (χ1n) is 5.97. The van der Waals surface area contributed by atoms with E-state index in [0.717, 1.165) is 17.7 Å². The van der Waals surface area contributed by atoms with Gasteiger partial charge in [-0.15, -0.1) is 0 Å². The minimum Gasteiger partial charge on any atom is -0.293 e. The lowest BCUT2D eigenvalue weighted by molar-refractivity contribution is 0.102. The van der Waals surface area contributed by atoms with E-state index in [1.807, 2.05) is 6.92 Å². The number of hydrogen-bond donors (Lipinski definition) is 0. The third-order valence-corrected chi connectivity index (χ3v) is 4.46. The van der Waals surface area contributed by atoms with E-state index in [-0.39, 0.29) is 4.90 Å². The second kappa shape index (κ2) is 5.54. The highest BCUT2D eigenvalue weighted by Crippen LogP contribution is 2.14. The highest BCUT2D eigenvalue weighted by atomic mass is 32.2. The van der Waals surface area contributed by atoms with Crippen LogP contribution in [-0.4, -0.2) is 20.0 Å². The van der Waals surface area contributed by atoms with Gasteiger partial charge in [0.15, 0.2) is 15.6 Å². The van der Waals surface area contributed by atoms with Crippen LogP contribution in [0, 0.1) is 12.7 Å². The predicted octanol–water partition coefficient (Wildman–Crippen LogP) is 2.79. The first-order valence-corrected chi connectivity index (χ1v) is 7.62. The number of carbonyl (C=O) groups is 1. The summed E-state index contributed by atoms with van der Waals surface area (Å²) in [6.07, 6.45) is 0. The number of Topliss-reactive ketones (excluding diaryl/α,β-unsaturated/α-hetero) is 1. The van der Waals surface area contributed by atoms with E-state index in [1.54, 1.807) is 24.3 Å². The molecule has 5 heteroatoms. The largest absolute Gasteiger partial charge is 0.293 e. The molecule has 0 bridgehead atoms. The van der Waals surface area contributed by atoms with Crippen molar-refractivity contribution in [2.45, 2.75) is 11.8 Å². The molecule has 0 fully saturated rings. The Labute approximate surface area is 117 Å². The first kappa shape index (κ1) is 14.4. The van der Waals surface area contributed by atoms with E-state index in [0.29, 0.717) is 5.56 Å². The molecule has 3 nitrogen and oxygen atoms in total. The monoisotopic (exact) mass is 292 g/mol. The van der Waals surface area contributed by atoms with Gasteiger partial charge in [-0.25, -0.2) is 12.8 Å². The minimum absolute atomic E-state index is 0.182. The first-order chi connectivity index (χ1) is 9.38. The molecule has 0 unspecified atom stereocenters. The Morgan fingerprint density at radius 3 is 2.35 bits per heavy atom. The summed E-state index contributed by atoms with van der Waals surface area (Å²) in [5.74, 6) is -1.82. The predicted molar refractivity (Wildman–Crippen MR) is 74.0 cm³/mol. The van der Waals surface area contributed by atoms with Gasteiger partial charge >= 0.3 is 0 Å². The summed E-state index contributed by atoms with van der Waals surface area (Å²) in [5.41, 5.74) is 1.31. The minimum atomic E-state index is -3.83. The van der Waals surface area contributed by atoms with E-state index in [1.165, 1.54) is 12.1 Å². The van der Waals surface area contributed by atoms with Gasteiger partial charge in [-0.3, -0.25) is 4.79 Å². The fourth-order valence-electron chi connectivity index (χ4n) is 1.74. The highest BCUT2D eigenvalue weighted by molar-refractivity contribution is 7.92. The summed E-state index contributed by atoms with van der Waals surface area (Å²) in [4.78, 5) is 11.8. The number of ketones is 1. The van der Waals surface area contributed by atoms with Crippen LogP contribution in [0.1, 0.15) is 15.9 Å². The van der Waals surface area contributed by atoms with Crippen LogP contribution in [0.3, 0.4) is 0 Å². The van der Waals surface area contributed by atoms with Gasteiger partial charge in [-0.2, -0.15) is 0 Å². The lowest BCUT2D eigenvalue weighted by Gasteiger charge is -2.04. The smallest absolute Gasteiger partial charge is 0.185 e. The van der Waals surface area contributed by atoms with Crippen LogP contribution in [0.25, 0.3) is 0 Å². The van der Waals surface area contributed by atoms with Gasteiger partial charge < -0.3 is 0 Å². The Kier molecular flexibility index (Phi) is 3.99. The Morgan fingerprint density at radius 1 is 1.10 bits per heavy atom. The van der Waals surface area contributed by atoms with Crippen molar-refractivity contribution in [3.8, 4) is 0 Å². The van der Waals surface area contributed by atoms with Gasteiger partial charge in [0.1, 0.15) is 11.6 Å². The maximum Gasteiger partial charge on any atom is 0.185 e. The number of carbonyl (C=O) groups excluding carboxylic acids is 1. The van der Waals surface area contributed by atoms with Gasteiger partial charge in [0, 0.05) is 5.56 Å². The molecule has 0 saturated carbocycles. The summed E-state index contributed by atoms with van der Waals surface area (Å²) in [6, 6.07) is 11.3. The van der Waals surface area contributed by atoms with Gasteiger partial charge in [-0.1, -0.05) is 35.9 Å². The standard InChI is InChI=1S/C15H13FO3S/c1-11-5-7-12(8-6-11)15(17)10-20(18,19)14-4-2-3-13(16)9-14/h2-9H,10H2,1H3. The van der Waals surface area contributed by atoms with Crippen LogP contribution < -0.4 is 0 Å². The molecule has 104 valence electrons. The van der Waals surface area contributed by atoms with Crippen LogP contribution in [0.15, 0.2) is 53.4 Å². The molecule has 0 aromatic heterocycles. The third-order valence-electron chi connectivity index (χ3n) is 2.85. The molecule has 0 spiro atoms. The molecule has 0 atom stereocenters. The second-order valence-corrected chi connectivity index (χ2v) is 6.50. The van der Waals surface area contributed by atoms with Crippen LogP contribution in [0.2, 0.25) is 0 Å². The number of benzene rings is 2. The van der Waals surface area contributed by atoms with Crippen molar-refractivity contribution in [3.05, 3.63) is 65.5 Å². The number of halogens is 1. The number of sulfone groups is 1. The Balaban J connectivity index is 2.24. The Bertz CT molecular complexity index is 734. The van der Waals surface area contributed by atoms with Gasteiger partial charge in [0.05, 0.1) is 4.90 Å². The van der Waals surface area contributed by atoms with Crippen LogP contribution >= 0.6 is 0 Å². The zero-order valence-corrected chi connectivity index (χ0v) is 11.7. The molecule has 0 aliphatic heterocycles. The van der Waals surface area contributed by atoms with Gasteiger partial charge in [0.2, 0.25) is 0 Å². The summed E-state index contributed by atoms with van der Waals surface area (Å²) in [6.45, 7) is 1.87. The molecule has 2 rings (SSSR count). The van der Waals surface area contributed by atoms with E-state index in [9.17, 15) is 17.6 Å². The molecule has 0 aliphatic carbocycles. The third kappa shape index (κ3) is 3.30. The van der Waals surface area contributed by atoms with Crippen molar-refractivity contribution < 1.29 is 17.6 Å². The van der Waals surface area contributed by atoms with Gasteiger partial charge in [-0.05, 0) is 25.1 Å². The fourth-order valence-corrected chi connectivity index (χ4v) is 3.00. The quantitative estimate of drug-likeness (QED) is 0.814. The Hall–Kier alpha value is -2.01. The summed E-state index contributed by atoms with van der Waals surface area (Å²) in [7, 11) is -3.83. The highest BCUT2D eigenvalue weighted by Gasteiger charge is 2.20. The molecule has 2 aromatic carbocycles. The molecule has 0 aliphatic rings. The Morgan fingerprint density at radius 2 is 1.75 bits per heavy atom. The van der Waals surface area contributed by atoms with Crippen molar-refractivity contribution in [1.82, 2.24) is 0 Å². The maximum absolute atomic E-state index is 13.1. The normalized spacial score (nSPS) is 11.3.